The first-order valence-electron chi connectivity index (χ1n) is 41.0. The molecular weight excluding hydrogens is 1520 g/mol. The van der Waals surface area contributed by atoms with Crippen molar-refractivity contribution in [3.8, 4) is 180 Å². The van der Waals surface area contributed by atoms with Crippen LogP contribution in [0.3, 0.4) is 0 Å². The molecule has 0 aliphatic heterocycles. The third kappa shape index (κ3) is 15.2. The normalized spacial score (nSPS) is 11.3. The SMILES string of the molecule is c1ccc(-c2ccc(-c3cc(-c4ccc(-c5ccccc5)cc4)c4sc5c(-c6cccc(-c7nc(-c8ccccc8)nc(-c8ccccc8)n7)c6)cccc5c4c3)cc2)cc1.c1ccc(-c2ccc(-c3nc(-c4ccc(-c5ccccc5)cc4)nc(-c4cccc(-c5cc(-c6ccccc6)cc6c5sc5ccc(-c7ccccc7)cc56)c4)n3)cc2)cc1. The Hall–Kier alpha value is -15.6. The molecule has 8 heteroatoms. The molecule has 122 heavy (non-hydrogen) atoms. The molecule has 572 valence electrons. The zero-order valence-electron chi connectivity index (χ0n) is 66.2. The summed E-state index contributed by atoms with van der Waals surface area (Å²) in [7, 11) is 0. The summed E-state index contributed by atoms with van der Waals surface area (Å²) in [5.74, 6) is 3.82. The Labute approximate surface area is 716 Å². The summed E-state index contributed by atoms with van der Waals surface area (Å²) in [6.07, 6.45) is 0. The minimum absolute atomic E-state index is 0.625. The lowest BCUT2D eigenvalue weighted by molar-refractivity contribution is 1.07. The average Bonchev–Trinajstić information content (AvgIpc) is 1.59. The molecule has 0 N–H and O–H groups in total. The van der Waals surface area contributed by atoms with E-state index in [0.717, 1.165) is 55.6 Å². The van der Waals surface area contributed by atoms with Gasteiger partial charge >= 0.3 is 0 Å². The van der Waals surface area contributed by atoms with Gasteiger partial charge < -0.3 is 0 Å². The summed E-state index contributed by atoms with van der Waals surface area (Å²) in [4.78, 5) is 30.5. The Bertz CT molecular complexity index is 7360. The number of fused-ring (bicyclic) bond motifs is 6. The van der Waals surface area contributed by atoms with Gasteiger partial charge in [0.2, 0.25) is 0 Å². The van der Waals surface area contributed by atoms with Crippen LogP contribution in [0, 0.1) is 0 Å². The maximum Gasteiger partial charge on any atom is 0.164 e. The van der Waals surface area contributed by atoms with Gasteiger partial charge in [0.1, 0.15) is 0 Å². The van der Waals surface area contributed by atoms with E-state index in [-0.39, 0.29) is 0 Å². The van der Waals surface area contributed by atoms with E-state index in [4.69, 9.17) is 29.9 Å². The molecule has 4 heterocycles. The third-order valence-electron chi connectivity index (χ3n) is 22.7. The second-order valence-corrected chi connectivity index (χ2v) is 32.5. The minimum Gasteiger partial charge on any atom is -0.208 e. The molecule has 18 aromatic carbocycles. The van der Waals surface area contributed by atoms with Crippen LogP contribution < -0.4 is 0 Å². The predicted molar refractivity (Wildman–Crippen MR) is 512 cm³/mol. The first-order chi connectivity index (χ1) is 60.4. The molecule has 0 amide bonds. The molecule has 22 aromatic rings. The van der Waals surface area contributed by atoms with Crippen LogP contribution in [-0.2, 0) is 0 Å². The van der Waals surface area contributed by atoms with Crippen molar-refractivity contribution in [1.82, 2.24) is 29.9 Å². The fourth-order valence-corrected chi connectivity index (χ4v) is 19.0. The van der Waals surface area contributed by atoms with Crippen LogP contribution >= 0.6 is 22.7 Å². The topological polar surface area (TPSA) is 77.3 Å². The van der Waals surface area contributed by atoms with Gasteiger partial charge in [-0.2, -0.15) is 0 Å². The first-order valence-corrected chi connectivity index (χ1v) is 42.6. The van der Waals surface area contributed by atoms with Crippen LogP contribution in [0.2, 0.25) is 0 Å². The van der Waals surface area contributed by atoms with Crippen LogP contribution in [0.5, 0.6) is 0 Å². The summed E-state index contributed by atoms with van der Waals surface area (Å²) in [5, 5.41) is 5.01. The highest BCUT2D eigenvalue weighted by molar-refractivity contribution is 7.27. The summed E-state index contributed by atoms with van der Waals surface area (Å²) in [6.45, 7) is 0. The lowest BCUT2D eigenvalue weighted by Gasteiger charge is -2.12. The van der Waals surface area contributed by atoms with E-state index < -0.39 is 0 Å². The fourth-order valence-electron chi connectivity index (χ4n) is 16.4. The van der Waals surface area contributed by atoms with E-state index in [1.165, 1.54) is 129 Å². The van der Waals surface area contributed by atoms with Crippen molar-refractivity contribution in [1.29, 1.82) is 0 Å². The lowest BCUT2D eigenvalue weighted by Crippen LogP contribution is -2.00. The summed E-state index contributed by atoms with van der Waals surface area (Å²) >= 11 is 3.72. The maximum atomic E-state index is 5.18. The minimum atomic E-state index is 0.625. The van der Waals surface area contributed by atoms with Crippen molar-refractivity contribution in [2.75, 3.05) is 0 Å². The van der Waals surface area contributed by atoms with Gasteiger partial charge in [-0.3, -0.25) is 0 Å². The molecule has 4 aromatic heterocycles. The van der Waals surface area contributed by atoms with Gasteiger partial charge in [-0.05, 0) is 149 Å². The number of aromatic nitrogens is 6. The molecular formula is C114H74N6S2. The van der Waals surface area contributed by atoms with Crippen LogP contribution in [0.4, 0.5) is 0 Å². The Balaban J connectivity index is 0.000000150. The smallest absolute Gasteiger partial charge is 0.164 e. The van der Waals surface area contributed by atoms with Crippen LogP contribution in [0.25, 0.3) is 220 Å². The highest BCUT2D eigenvalue weighted by Crippen LogP contribution is 2.49. The number of thiophene rings is 2. The molecule has 0 radical (unpaired) electrons. The van der Waals surface area contributed by atoms with Crippen LogP contribution in [0.1, 0.15) is 0 Å². The zero-order chi connectivity index (χ0) is 81.1. The van der Waals surface area contributed by atoms with E-state index in [1.807, 2.05) is 95.5 Å². The molecule has 0 aliphatic carbocycles. The molecule has 0 saturated heterocycles. The summed E-state index contributed by atoms with van der Waals surface area (Å²) in [6, 6.07) is 159. The van der Waals surface area contributed by atoms with Gasteiger partial charge in [-0.1, -0.05) is 400 Å². The van der Waals surface area contributed by atoms with E-state index in [1.54, 1.807) is 0 Å². The molecule has 22 rings (SSSR count). The van der Waals surface area contributed by atoms with E-state index in [9.17, 15) is 0 Å². The zero-order valence-corrected chi connectivity index (χ0v) is 67.9. The van der Waals surface area contributed by atoms with Crippen LogP contribution in [-0.4, -0.2) is 29.9 Å². The highest BCUT2D eigenvalue weighted by Gasteiger charge is 2.22. The van der Waals surface area contributed by atoms with Crippen molar-refractivity contribution in [3.05, 3.63) is 449 Å². The molecule has 0 atom stereocenters. The molecule has 0 aliphatic rings. The largest absolute Gasteiger partial charge is 0.208 e. The average molecular weight is 1590 g/mol. The number of hydrogen-bond donors (Lipinski definition) is 0. The summed E-state index contributed by atoms with van der Waals surface area (Å²) in [5.41, 5.74) is 29.3. The lowest BCUT2D eigenvalue weighted by atomic mass is 9.93. The number of hydrogen-bond acceptors (Lipinski definition) is 8. The third-order valence-corrected chi connectivity index (χ3v) is 25.2. The van der Waals surface area contributed by atoms with E-state index in [2.05, 4.69) is 376 Å². The van der Waals surface area contributed by atoms with Crippen molar-refractivity contribution < 1.29 is 0 Å². The van der Waals surface area contributed by atoms with Crippen LogP contribution in [0.15, 0.2) is 449 Å². The quantitative estimate of drug-likeness (QED) is 0.0959. The van der Waals surface area contributed by atoms with Gasteiger partial charge in [-0.15, -0.1) is 22.7 Å². The van der Waals surface area contributed by atoms with Gasteiger partial charge in [-0.25, -0.2) is 29.9 Å². The number of benzene rings is 18. The number of rotatable bonds is 16. The predicted octanol–water partition coefficient (Wildman–Crippen LogP) is 31.2. The highest BCUT2D eigenvalue weighted by atomic mass is 32.1. The Morgan fingerprint density at radius 2 is 0.361 bits per heavy atom. The van der Waals surface area contributed by atoms with Gasteiger partial charge in [0.25, 0.3) is 0 Å². The molecule has 0 bridgehead atoms. The van der Waals surface area contributed by atoms with Crippen molar-refractivity contribution in [3.63, 3.8) is 0 Å². The van der Waals surface area contributed by atoms with Crippen molar-refractivity contribution in [2.45, 2.75) is 0 Å². The van der Waals surface area contributed by atoms with Crippen molar-refractivity contribution in [2.24, 2.45) is 0 Å². The Kier molecular flexibility index (Phi) is 20.1. The Morgan fingerprint density at radius 3 is 0.754 bits per heavy atom. The fraction of sp³-hybridized carbons (Fsp3) is 0. The monoisotopic (exact) mass is 1590 g/mol. The first kappa shape index (κ1) is 74.0. The van der Waals surface area contributed by atoms with E-state index >= 15 is 0 Å². The molecule has 0 fully saturated rings. The van der Waals surface area contributed by atoms with Gasteiger partial charge in [0.15, 0.2) is 34.9 Å². The number of nitrogens with zero attached hydrogens (tertiary/aromatic N) is 6. The molecule has 0 saturated carbocycles. The maximum absolute atomic E-state index is 5.18. The summed E-state index contributed by atoms with van der Waals surface area (Å²) < 4.78 is 5.04. The Morgan fingerprint density at radius 1 is 0.123 bits per heavy atom. The standard InChI is InChI=1S/2C57H37N3S/c1-5-15-38(16-6-1)40-27-29-42(30-28-40)48-36-51(43-33-31-41(32-34-43)39-17-7-2-8-18-39)54-52(37-48)50-26-14-25-49(53(50)61-54)46-23-13-24-47(35-46)57-59-55(44-19-9-3-10-20-44)58-56(60-57)45-21-11-4-12-22-45;1-5-14-38(15-6-1)42-24-28-44(29-25-42)55-58-56(45-30-26-43(27-31-45)39-16-7-2-8-17-39)60-57(59-55)48-23-13-22-47(34-48)50-36-49(41-20-11-4-12-21-41)37-52-51-35-46(40-18-9-3-10-19-40)32-33-53(51)61-54(50)52/h2*1-37H. The van der Waals surface area contributed by atoms with E-state index in [0.29, 0.717) is 34.9 Å². The second-order valence-electron chi connectivity index (χ2n) is 30.4. The second kappa shape index (κ2) is 33.1. The van der Waals surface area contributed by atoms with Gasteiger partial charge in [0, 0.05) is 84.9 Å². The molecule has 0 spiro atoms. The molecule has 0 unspecified atom stereocenters. The van der Waals surface area contributed by atoms with Crippen molar-refractivity contribution >= 4 is 63.0 Å². The molecule has 6 nitrogen and oxygen atoms in total. The van der Waals surface area contributed by atoms with Gasteiger partial charge in [0.05, 0.1) is 0 Å².